The summed E-state index contributed by atoms with van der Waals surface area (Å²) in [7, 11) is 0. The number of hydrogen-bond donors (Lipinski definition) is 1. The maximum Gasteiger partial charge on any atom is 0.231 e. The van der Waals surface area contributed by atoms with Crippen molar-refractivity contribution in [1.82, 2.24) is 4.90 Å². The van der Waals surface area contributed by atoms with Crippen LogP contribution in [0.3, 0.4) is 0 Å². The Labute approximate surface area is 189 Å². The molecule has 3 fully saturated rings. The molecular formula is C26H32N2O4. The van der Waals surface area contributed by atoms with Gasteiger partial charge in [0, 0.05) is 29.5 Å². The van der Waals surface area contributed by atoms with E-state index in [2.05, 4.69) is 19.2 Å². The summed E-state index contributed by atoms with van der Waals surface area (Å²) in [5, 5.41) is 5.14. The molecule has 0 unspecified atom stereocenters. The molecule has 2 amide bonds. The number of morpholine rings is 1. The van der Waals surface area contributed by atoms with Crippen molar-refractivity contribution in [2.45, 2.75) is 39.5 Å². The fourth-order valence-corrected chi connectivity index (χ4v) is 5.14. The number of ether oxygens (including phenoxy) is 2. The van der Waals surface area contributed by atoms with Gasteiger partial charge in [-0.2, -0.15) is 0 Å². The molecule has 2 aliphatic carbocycles. The van der Waals surface area contributed by atoms with Gasteiger partial charge >= 0.3 is 0 Å². The van der Waals surface area contributed by atoms with Gasteiger partial charge in [-0.15, -0.1) is 0 Å². The number of carbonyl (C=O) groups is 2. The molecule has 1 aliphatic heterocycles. The third-order valence-electron chi connectivity index (χ3n) is 7.26. The zero-order valence-electron chi connectivity index (χ0n) is 19.0. The molecule has 0 atom stereocenters. The van der Waals surface area contributed by atoms with Crippen LogP contribution in [-0.4, -0.2) is 49.6 Å². The van der Waals surface area contributed by atoms with E-state index in [0.717, 1.165) is 47.9 Å². The molecule has 2 aromatic rings. The molecule has 0 bridgehead atoms. The molecular weight excluding hydrogens is 404 g/mol. The number of carbonyl (C=O) groups excluding carboxylic acids is 2. The minimum absolute atomic E-state index is 0.0161. The highest BCUT2D eigenvalue weighted by atomic mass is 16.5. The average molecular weight is 437 g/mol. The van der Waals surface area contributed by atoms with Gasteiger partial charge in [-0.3, -0.25) is 9.59 Å². The van der Waals surface area contributed by atoms with Crippen LogP contribution in [0.15, 0.2) is 36.4 Å². The first-order valence-electron chi connectivity index (χ1n) is 11.8. The van der Waals surface area contributed by atoms with Gasteiger partial charge in [-0.1, -0.05) is 38.1 Å². The first-order chi connectivity index (χ1) is 15.5. The maximum absolute atomic E-state index is 13.6. The third-order valence-corrected chi connectivity index (χ3v) is 7.26. The SMILES string of the molecule is CC(C)COc1ccc(NC(=O)C2(C3(C(=O)N4CCOCC4)CC3)CC2)c2ccccc12. The normalized spacial score (nSPS) is 20.8. The van der Waals surface area contributed by atoms with Gasteiger partial charge in [-0.05, 0) is 43.7 Å². The van der Waals surface area contributed by atoms with Crippen LogP contribution < -0.4 is 10.1 Å². The molecule has 170 valence electrons. The van der Waals surface area contributed by atoms with Crippen molar-refractivity contribution in [1.29, 1.82) is 0 Å². The van der Waals surface area contributed by atoms with Crippen molar-refractivity contribution in [3.63, 3.8) is 0 Å². The van der Waals surface area contributed by atoms with Crippen LogP contribution in [-0.2, 0) is 14.3 Å². The van der Waals surface area contributed by atoms with E-state index in [9.17, 15) is 9.59 Å². The van der Waals surface area contributed by atoms with Crippen LogP contribution in [0, 0.1) is 16.7 Å². The van der Waals surface area contributed by atoms with E-state index in [4.69, 9.17) is 9.47 Å². The van der Waals surface area contributed by atoms with E-state index in [-0.39, 0.29) is 11.8 Å². The van der Waals surface area contributed by atoms with Crippen molar-refractivity contribution in [3.8, 4) is 5.75 Å². The molecule has 2 saturated carbocycles. The second-order valence-corrected chi connectivity index (χ2v) is 9.88. The number of hydrogen-bond acceptors (Lipinski definition) is 4. The van der Waals surface area contributed by atoms with E-state index in [1.807, 2.05) is 41.3 Å². The van der Waals surface area contributed by atoms with E-state index in [1.54, 1.807) is 0 Å². The highest BCUT2D eigenvalue weighted by Crippen LogP contribution is 2.71. The monoisotopic (exact) mass is 436 g/mol. The van der Waals surface area contributed by atoms with E-state index in [0.29, 0.717) is 38.8 Å². The highest BCUT2D eigenvalue weighted by Gasteiger charge is 2.73. The maximum atomic E-state index is 13.6. The molecule has 0 aromatic heterocycles. The summed E-state index contributed by atoms with van der Waals surface area (Å²) in [6.45, 7) is 7.30. The number of rotatable bonds is 7. The van der Waals surface area contributed by atoms with Crippen LogP contribution in [0.5, 0.6) is 5.75 Å². The first-order valence-corrected chi connectivity index (χ1v) is 11.8. The number of anilines is 1. The van der Waals surface area contributed by atoms with Gasteiger partial charge in [0.05, 0.1) is 30.7 Å². The number of amides is 2. The standard InChI is InChI=1S/C26H32N2O4/c1-18(2)17-32-22-8-7-21(19-5-3-4-6-20(19)22)27-23(29)25(9-10-25)26(11-12-26)24(30)28-13-15-31-16-14-28/h3-8,18H,9-17H2,1-2H3,(H,27,29). The van der Waals surface area contributed by atoms with E-state index in [1.165, 1.54) is 0 Å². The average Bonchev–Trinajstić information content (AvgIpc) is 3.72. The van der Waals surface area contributed by atoms with Gasteiger partial charge in [0.15, 0.2) is 0 Å². The molecule has 6 heteroatoms. The van der Waals surface area contributed by atoms with Crippen molar-refractivity contribution in [2.24, 2.45) is 16.7 Å². The van der Waals surface area contributed by atoms with Crippen molar-refractivity contribution < 1.29 is 19.1 Å². The van der Waals surface area contributed by atoms with Gasteiger partial charge in [0.1, 0.15) is 5.75 Å². The van der Waals surface area contributed by atoms with Crippen molar-refractivity contribution in [3.05, 3.63) is 36.4 Å². The van der Waals surface area contributed by atoms with Crippen LogP contribution in [0.4, 0.5) is 5.69 Å². The summed E-state index contributed by atoms with van der Waals surface area (Å²) in [6.07, 6.45) is 3.17. The topological polar surface area (TPSA) is 67.9 Å². The van der Waals surface area contributed by atoms with Gasteiger partial charge in [0.2, 0.25) is 11.8 Å². The van der Waals surface area contributed by atoms with Crippen LogP contribution in [0.2, 0.25) is 0 Å². The zero-order chi connectivity index (χ0) is 22.3. The molecule has 5 rings (SSSR count). The lowest BCUT2D eigenvalue weighted by molar-refractivity contribution is -0.147. The second kappa shape index (κ2) is 8.07. The quantitative estimate of drug-likeness (QED) is 0.705. The molecule has 1 saturated heterocycles. The Morgan fingerprint density at radius 3 is 2.28 bits per heavy atom. The Morgan fingerprint density at radius 2 is 1.66 bits per heavy atom. The van der Waals surface area contributed by atoms with Gasteiger partial charge in [-0.25, -0.2) is 0 Å². The van der Waals surface area contributed by atoms with Crippen molar-refractivity contribution in [2.75, 3.05) is 38.2 Å². The molecule has 1 N–H and O–H groups in total. The summed E-state index contributed by atoms with van der Waals surface area (Å²) >= 11 is 0. The minimum Gasteiger partial charge on any atom is -0.493 e. The Kier molecular flexibility index (Phi) is 5.36. The van der Waals surface area contributed by atoms with Gasteiger partial charge < -0.3 is 19.7 Å². The number of benzene rings is 2. The fraction of sp³-hybridized carbons (Fsp3) is 0.538. The lowest BCUT2D eigenvalue weighted by atomic mass is 9.83. The molecule has 1 heterocycles. The summed E-state index contributed by atoms with van der Waals surface area (Å²) in [6, 6.07) is 11.9. The number of nitrogens with zero attached hydrogens (tertiary/aromatic N) is 1. The smallest absolute Gasteiger partial charge is 0.231 e. The lowest BCUT2D eigenvalue weighted by Gasteiger charge is -2.34. The van der Waals surface area contributed by atoms with E-state index < -0.39 is 10.8 Å². The number of fused-ring (bicyclic) bond motifs is 1. The van der Waals surface area contributed by atoms with Crippen LogP contribution >= 0.6 is 0 Å². The molecule has 2 aromatic carbocycles. The molecule has 0 radical (unpaired) electrons. The van der Waals surface area contributed by atoms with Crippen LogP contribution in [0.1, 0.15) is 39.5 Å². The summed E-state index contributed by atoms with van der Waals surface area (Å²) in [4.78, 5) is 28.9. The van der Waals surface area contributed by atoms with Crippen molar-refractivity contribution >= 4 is 28.3 Å². The molecule has 32 heavy (non-hydrogen) atoms. The van der Waals surface area contributed by atoms with E-state index >= 15 is 0 Å². The fourth-order valence-electron chi connectivity index (χ4n) is 5.14. The first kappa shape index (κ1) is 21.3. The summed E-state index contributed by atoms with van der Waals surface area (Å²) < 4.78 is 11.4. The highest BCUT2D eigenvalue weighted by molar-refractivity contribution is 6.09. The third kappa shape index (κ3) is 3.54. The molecule has 0 spiro atoms. The summed E-state index contributed by atoms with van der Waals surface area (Å²) in [5.74, 6) is 1.39. The zero-order valence-corrected chi connectivity index (χ0v) is 19.0. The largest absolute Gasteiger partial charge is 0.493 e. The molecule has 6 nitrogen and oxygen atoms in total. The predicted molar refractivity (Wildman–Crippen MR) is 124 cm³/mol. The second-order valence-electron chi connectivity index (χ2n) is 9.88. The Bertz CT molecular complexity index is 1030. The predicted octanol–water partition coefficient (Wildman–Crippen LogP) is 4.23. The Hall–Kier alpha value is -2.60. The van der Waals surface area contributed by atoms with Gasteiger partial charge in [0.25, 0.3) is 0 Å². The lowest BCUT2D eigenvalue weighted by Crippen LogP contribution is -2.49. The Morgan fingerprint density at radius 1 is 1.00 bits per heavy atom. The molecule has 3 aliphatic rings. The van der Waals surface area contributed by atoms with Crippen LogP contribution in [0.25, 0.3) is 10.8 Å². The Balaban J connectivity index is 1.38. The summed E-state index contributed by atoms with van der Waals surface area (Å²) in [5.41, 5.74) is -0.315. The number of nitrogens with one attached hydrogen (secondary N) is 1. The minimum atomic E-state index is -0.573.